The fourth-order valence-corrected chi connectivity index (χ4v) is 1.43. The molecule has 0 radical (unpaired) electrons. The molecule has 0 fully saturated rings. The number of aliphatic hydroxyl groups is 1. The van der Waals surface area contributed by atoms with Crippen LogP contribution >= 0.6 is 0 Å². The Morgan fingerprint density at radius 1 is 1.36 bits per heavy atom. The molecular formula is C12H25NO. The smallest absolute Gasteiger partial charge is 0.0499 e. The van der Waals surface area contributed by atoms with E-state index in [-0.39, 0.29) is 12.0 Å². The van der Waals surface area contributed by atoms with Gasteiger partial charge in [-0.3, -0.25) is 0 Å². The lowest BCUT2D eigenvalue weighted by molar-refractivity contribution is 0.113. The van der Waals surface area contributed by atoms with Crippen LogP contribution in [0.25, 0.3) is 0 Å². The standard InChI is InChI=1S/C12H25NO/c1-5-12(6-2,10-14)9-13-8-7-11(3)4/h13-14H,3,5-10H2,1-2,4H3. The predicted molar refractivity (Wildman–Crippen MR) is 62.4 cm³/mol. The van der Waals surface area contributed by atoms with Crippen molar-refractivity contribution >= 4 is 0 Å². The van der Waals surface area contributed by atoms with Crippen LogP contribution in [0.3, 0.4) is 0 Å². The van der Waals surface area contributed by atoms with Crippen LogP contribution in [0.5, 0.6) is 0 Å². The van der Waals surface area contributed by atoms with Gasteiger partial charge in [0.2, 0.25) is 0 Å². The van der Waals surface area contributed by atoms with Gasteiger partial charge in [0.1, 0.15) is 0 Å². The molecule has 0 aliphatic heterocycles. The molecule has 0 saturated carbocycles. The molecule has 0 aromatic rings. The van der Waals surface area contributed by atoms with Gasteiger partial charge in [-0.15, -0.1) is 6.58 Å². The molecule has 0 rings (SSSR count). The molecule has 0 aliphatic carbocycles. The maximum absolute atomic E-state index is 9.33. The Balaban J connectivity index is 3.77. The third-order valence-corrected chi connectivity index (χ3v) is 3.06. The van der Waals surface area contributed by atoms with Gasteiger partial charge in [-0.05, 0) is 32.7 Å². The lowest BCUT2D eigenvalue weighted by atomic mass is 9.83. The average molecular weight is 199 g/mol. The van der Waals surface area contributed by atoms with Gasteiger partial charge in [0.05, 0.1) is 0 Å². The zero-order valence-electron chi connectivity index (χ0n) is 9.90. The summed E-state index contributed by atoms with van der Waals surface area (Å²) in [6.45, 7) is 12.3. The molecule has 0 unspecified atom stereocenters. The monoisotopic (exact) mass is 199 g/mol. The van der Waals surface area contributed by atoms with Gasteiger partial charge in [0, 0.05) is 18.6 Å². The van der Waals surface area contributed by atoms with Gasteiger partial charge in [-0.2, -0.15) is 0 Å². The molecule has 0 saturated heterocycles. The van der Waals surface area contributed by atoms with Gasteiger partial charge < -0.3 is 10.4 Å². The maximum Gasteiger partial charge on any atom is 0.0499 e. The fourth-order valence-electron chi connectivity index (χ4n) is 1.43. The van der Waals surface area contributed by atoms with Gasteiger partial charge in [0.25, 0.3) is 0 Å². The van der Waals surface area contributed by atoms with Crippen LogP contribution in [0.4, 0.5) is 0 Å². The first kappa shape index (κ1) is 13.7. The minimum Gasteiger partial charge on any atom is -0.396 e. The lowest BCUT2D eigenvalue weighted by Gasteiger charge is -2.29. The van der Waals surface area contributed by atoms with Crippen molar-refractivity contribution in [1.29, 1.82) is 0 Å². The van der Waals surface area contributed by atoms with E-state index in [4.69, 9.17) is 0 Å². The number of hydrogen-bond acceptors (Lipinski definition) is 2. The van der Waals surface area contributed by atoms with Gasteiger partial charge >= 0.3 is 0 Å². The van der Waals surface area contributed by atoms with Crippen molar-refractivity contribution in [2.45, 2.75) is 40.0 Å². The largest absolute Gasteiger partial charge is 0.396 e. The molecule has 0 aromatic heterocycles. The first-order valence-electron chi connectivity index (χ1n) is 5.56. The van der Waals surface area contributed by atoms with E-state index in [1.807, 2.05) is 6.92 Å². The summed E-state index contributed by atoms with van der Waals surface area (Å²) in [5.41, 5.74) is 1.29. The molecule has 0 aromatic carbocycles. The van der Waals surface area contributed by atoms with E-state index in [9.17, 15) is 5.11 Å². The normalized spacial score (nSPS) is 11.7. The average Bonchev–Trinajstić information content (AvgIpc) is 2.19. The third-order valence-electron chi connectivity index (χ3n) is 3.06. The molecule has 0 atom stereocenters. The molecule has 0 aliphatic rings. The van der Waals surface area contributed by atoms with Crippen LogP contribution in [0.2, 0.25) is 0 Å². The summed E-state index contributed by atoms with van der Waals surface area (Å²) in [4.78, 5) is 0. The van der Waals surface area contributed by atoms with Crippen molar-refractivity contribution in [2.24, 2.45) is 5.41 Å². The maximum atomic E-state index is 9.33. The Morgan fingerprint density at radius 2 is 1.93 bits per heavy atom. The second-order valence-electron chi connectivity index (χ2n) is 4.25. The van der Waals surface area contributed by atoms with Crippen LogP contribution in [0.1, 0.15) is 40.0 Å². The van der Waals surface area contributed by atoms with Crippen LogP contribution in [0, 0.1) is 5.41 Å². The van der Waals surface area contributed by atoms with E-state index < -0.39 is 0 Å². The predicted octanol–water partition coefficient (Wildman–Crippen LogP) is 2.34. The number of rotatable bonds is 8. The second-order valence-corrected chi connectivity index (χ2v) is 4.25. The van der Waals surface area contributed by atoms with Crippen molar-refractivity contribution in [3.63, 3.8) is 0 Å². The summed E-state index contributed by atoms with van der Waals surface area (Å²) in [5.74, 6) is 0. The zero-order valence-corrected chi connectivity index (χ0v) is 9.90. The van der Waals surface area contributed by atoms with Crippen molar-refractivity contribution in [3.05, 3.63) is 12.2 Å². The molecule has 2 N–H and O–H groups in total. The Morgan fingerprint density at radius 3 is 2.29 bits per heavy atom. The van der Waals surface area contributed by atoms with E-state index in [0.29, 0.717) is 0 Å². The molecule has 14 heavy (non-hydrogen) atoms. The molecule has 0 spiro atoms. The molecule has 2 nitrogen and oxygen atoms in total. The molecule has 2 heteroatoms. The quantitative estimate of drug-likeness (QED) is 0.464. The van der Waals surface area contributed by atoms with E-state index in [2.05, 4.69) is 25.7 Å². The highest BCUT2D eigenvalue weighted by atomic mass is 16.3. The lowest BCUT2D eigenvalue weighted by Crippen LogP contribution is -2.36. The fraction of sp³-hybridized carbons (Fsp3) is 0.833. The number of nitrogens with one attached hydrogen (secondary N) is 1. The van der Waals surface area contributed by atoms with E-state index in [1.54, 1.807) is 0 Å². The van der Waals surface area contributed by atoms with Crippen molar-refractivity contribution in [1.82, 2.24) is 5.32 Å². The minimum atomic E-state index is 0.0784. The highest BCUT2D eigenvalue weighted by Crippen LogP contribution is 2.24. The Kier molecular flexibility index (Phi) is 6.85. The Bertz CT molecular complexity index is 153. The molecule has 0 heterocycles. The Hall–Kier alpha value is -0.340. The Labute approximate surface area is 88.4 Å². The first-order valence-corrected chi connectivity index (χ1v) is 5.56. The van der Waals surface area contributed by atoms with Gasteiger partial charge in [0.15, 0.2) is 0 Å². The zero-order chi connectivity index (χ0) is 11.0. The molecular weight excluding hydrogens is 174 g/mol. The molecule has 84 valence electrons. The van der Waals surface area contributed by atoms with Crippen LogP contribution in [-0.4, -0.2) is 24.8 Å². The van der Waals surface area contributed by atoms with Crippen molar-refractivity contribution in [3.8, 4) is 0 Å². The van der Waals surface area contributed by atoms with E-state index in [1.165, 1.54) is 5.57 Å². The van der Waals surface area contributed by atoms with Crippen molar-refractivity contribution in [2.75, 3.05) is 19.7 Å². The van der Waals surface area contributed by atoms with E-state index >= 15 is 0 Å². The minimum absolute atomic E-state index is 0.0784. The molecule has 0 bridgehead atoms. The summed E-state index contributed by atoms with van der Waals surface area (Å²) in [5, 5.41) is 12.7. The van der Waals surface area contributed by atoms with Crippen molar-refractivity contribution < 1.29 is 5.11 Å². The summed E-state index contributed by atoms with van der Waals surface area (Å²) < 4.78 is 0. The van der Waals surface area contributed by atoms with Crippen LogP contribution in [-0.2, 0) is 0 Å². The highest BCUT2D eigenvalue weighted by molar-refractivity contribution is 4.88. The van der Waals surface area contributed by atoms with Gasteiger partial charge in [-0.1, -0.05) is 19.4 Å². The second kappa shape index (κ2) is 7.02. The third kappa shape index (κ3) is 4.77. The van der Waals surface area contributed by atoms with Gasteiger partial charge in [-0.25, -0.2) is 0 Å². The van der Waals surface area contributed by atoms with Crippen LogP contribution in [0.15, 0.2) is 12.2 Å². The summed E-state index contributed by atoms with van der Waals surface area (Å²) in [7, 11) is 0. The number of aliphatic hydroxyl groups excluding tert-OH is 1. The highest BCUT2D eigenvalue weighted by Gasteiger charge is 2.24. The summed E-state index contributed by atoms with van der Waals surface area (Å²) in [6, 6.07) is 0. The van der Waals surface area contributed by atoms with E-state index in [0.717, 1.165) is 32.4 Å². The molecule has 0 amide bonds. The topological polar surface area (TPSA) is 32.3 Å². The summed E-state index contributed by atoms with van der Waals surface area (Å²) >= 11 is 0. The first-order chi connectivity index (χ1) is 6.60. The van der Waals surface area contributed by atoms with Crippen LogP contribution < -0.4 is 5.32 Å². The SMILES string of the molecule is C=C(C)CCNCC(CC)(CC)CO. The summed E-state index contributed by atoms with van der Waals surface area (Å²) in [6.07, 6.45) is 3.08. The number of hydrogen-bond donors (Lipinski definition) is 2.